The first kappa shape index (κ1) is 22.4. The second-order valence-electron chi connectivity index (χ2n) is 8.73. The summed E-state index contributed by atoms with van der Waals surface area (Å²) in [7, 11) is 1.69. The lowest BCUT2D eigenvalue weighted by Gasteiger charge is -2.40. The van der Waals surface area contributed by atoms with Crippen molar-refractivity contribution in [2.24, 2.45) is 0 Å². The molecule has 0 bridgehead atoms. The number of methoxy groups -OCH3 is 1. The number of likely N-dealkylation sites (tertiary alicyclic amines) is 1. The topological polar surface area (TPSA) is 57.5 Å². The van der Waals surface area contributed by atoms with Crippen molar-refractivity contribution in [3.63, 3.8) is 0 Å². The Morgan fingerprint density at radius 3 is 2.71 bits per heavy atom. The molecule has 1 saturated carbocycles. The third-order valence-corrected chi connectivity index (χ3v) is 7.80. The van der Waals surface area contributed by atoms with Gasteiger partial charge in [0.15, 0.2) is 11.5 Å². The van der Waals surface area contributed by atoms with Gasteiger partial charge in [0.25, 0.3) is 0 Å². The number of hydrogen-bond donors (Lipinski definition) is 1. The second-order valence-corrected chi connectivity index (χ2v) is 9.84. The van der Waals surface area contributed by atoms with Crippen molar-refractivity contribution < 1.29 is 9.47 Å². The van der Waals surface area contributed by atoms with Crippen LogP contribution in [0.5, 0.6) is 11.5 Å². The fraction of sp³-hybridized carbons (Fsp3) is 0.640. The van der Waals surface area contributed by atoms with E-state index in [-0.39, 0.29) is 0 Å². The van der Waals surface area contributed by atoms with Crippen LogP contribution in [-0.2, 0) is 0 Å². The van der Waals surface area contributed by atoms with Gasteiger partial charge in [0.05, 0.1) is 19.4 Å². The number of allylic oxidation sites excluding steroid dienone is 1. The van der Waals surface area contributed by atoms with Gasteiger partial charge in [0.2, 0.25) is 0 Å². The third-order valence-electron chi connectivity index (χ3n) is 6.83. The smallest absolute Gasteiger partial charge is 0.161 e. The van der Waals surface area contributed by atoms with Crippen molar-refractivity contribution in [1.82, 2.24) is 10.2 Å². The molecule has 4 rings (SSSR count). The highest BCUT2D eigenvalue weighted by Crippen LogP contribution is 2.46. The molecule has 2 heterocycles. The van der Waals surface area contributed by atoms with Gasteiger partial charge in [-0.3, -0.25) is 0 Å². The zero-order chi connectivity index (χ0) is 21.6. The van der Waals surface area contributed by atoms with Crippen molar-refractivity contribution >= 4 is 17.5 Å². The maximum Gasteiger partial charge on any atom is 0.161 e. The number of ether oxygens (including phenoxy) is 2. The summed E-state index contributed by atoms with van der Waals surface area (Å²) in [5.74, 6) is 2.97. The first-order chi connectivity index (χ1) is 15.2. The van der Waals surface area contributed by atoms with E-state index in [0.29, 0.717) is 18.6 Å². The molecule has 0 spiro atoms. The summed E-state index contributed by atoms with van der Waals surface area (Å²) >= 11 is 1.69. The van der Waals surface area contributed by atoms with Crippen molar-refractivity contribution in [3.8, 4) is 17.6 Å². The zero-order valence-electron chi connectivity index (χ0n) is 18.9. The highest BCUT2D eigenvalue weighted by Gasteiger charge is 2.36. The molecule has 0 radical (unpaired) electrons. The molecule has 3 aliphatic rings. The van der Waals surface area contributed by atoms with Gasteiger partial charge in [0, 0.05) is 29.8 Å². The molecule has 31 heavy (non-hydrogen) atoms. The normalized spacial score (nSPS) is 24.9. The summed E-state index contributed by atoms with van der Waals surface area (Å²) < 4.78 is 11.5. The first-order valence-corrected chi connectivity index (χ1v) is 12.8. The van der Waals surface area contributed by atoms with Crippen molar-refractivity contribution in [3.05, 3.63) is 28.2 Å². The fourth-order valence-electron chi connectivity index (χ4n) is 5.27. The number of rotatable bonds is 7. The van der Waals surface area contributed by atoms with Crippen LogP contribution in [0.25, 0.3) is 5.70 Å². The predicted molar refractivity (Wildman–Crippen MR) is 128 cm³/mol. The number of benzene rings is 1. The molecule has 0 aromatic heterocycles. The SMILES string of the molecule is CCOc1cc2c(cc1OC)/C(=C(\C#N)SCCN1CCCCC1)NC1CCCCC21. The maximum atomic E-state index is 10.1. The molecule has 0 amide bonds. The zero-order valence-corrected chi connectivity index (χ0v) is 19.7. The Morgan fingerprint density at radius 2 is 1.97 bits per heavy atom. The first-order valence-electron chi connectivity index (χ1n) is 11.9. The summed E-state index contributed by atoms with van der Waals surface area (Å²) in [6.45, 7) is 6.05. The van der Waals surface area contributed by atoms with Crippen LogP contribution in [-0.4, -0.2) is 50.0 Å². The Bertz CT molecular complexity index is 842. The number of thioether (sulfide) groups is 1. The lowest BCUT2D eigenvalue weighted by Crippen LogP contribution is -2.41. The minimum atomic E-state index is 0.394. The standard InChI is InChI=1S/C25H35N3O2S/c1-3-30-23-15-19-18-9-5-6-10-21(18)27-25(20(19)16-22(23)29-2)24(17-26)31-14-13-28-11-7-4-8-12-28/h15-16,18,21,27H,3-14H2,1-2H3/b25-24-. The number of nitriles is 1. The predicted octanol–water partition coefficient (Wildman–Crippen LogP) is 5.13. The number of nitrogens with one attached hydrogen (secondary N) is 1. The van der Waals surface area contributed by atoms with E-state index < -0.39 is 0 Å². The maximum absolute atomic E-state index is 10.1. The van der Waals surface area contributed by atoms with Gasteiger partial charge in [-0.1, -0.05) is 19.3 Å². The molecule has 2 fully saturated rings. The van der Waals surface area contributed by atoms with E-state index in [1.807, 2.05) is 6.92 Å². The van der Waals surface area contributed by atoms with E-state index >= 15 is 0 Å². The van der Waals surface area contributed by atoms with Gasteiger partial charge in [-0.15, -0.1) is 11.8 Å². The van der Waals surface area contributed by atoms with Crippen LogP contribution >= 0.6 is 11.8 Å². The van der Waals surface area contributed by atoms with Crippen LogP contribution in [0, 0.1) is 11.3 Å². The van der Waals surface area contributed by atoms with Crippen LogP contribution in [0.1, 0.15) is 68.9 Å². The fourth-order valence-corrected chi connectivity index (χ4v) is 6.21. The van der Waals surface area contributed by atoms with E-state index in [2.05, 4.69) is 28.4 Å². The quantitative estimate of drug-likeness (QED) is 0.592. The molecule has 2 unspecified atom stereocenters. The van der Waals surface area contributed by atoms with Gasteiger partial charge in [0.1, 0.15) is 11.0 Å². The minimum Gasteiger partial charge on any atom is -0.493 e. The molecular weight excluding hydrogens is 406 g/mol. The van der Waals surface area contributed by atoms with E-state index in [1.165, 1.54) is 57.2 Å². The molecule has 1 aromatic rings. The van der Waals surface area contributed by atoms with Crippen LogP contribution in [0.2, 0.25) is 0 Å². The molecule has 1 saturated heterocycles. The van der Waals surface area contributed by atoms with E-state index in [4.69, 9.17) is 9.47 Å². The van der Waals surface area contributed by atoms with Gasteiger partial charge in [-0.05, 0) is 63.4 Å². The van der Waals surface area contributed by atoms with Gasteiger partial charge in [-0.2, -0.15) is 5.26 Å². The Hall–Kier alpha value is -1.84. The number of fused-ring (bicyclic) bond motifs is 3. The minimum absolute atomic E-state index is 0.394. The highest BCUT2D eigenvalue weighted by atomic mass is 32.2. The molecule has 2 atom stereocenters. The van der Waals surface area contributed by atoms with Crippen molar-refractivity contribution in [2.75, 3.05) is 39.1 Å². The molecule has 1 aliphatic carbocycles. The van der Waals surface area contributed by atoms with Crippen LogP contribution in [0.4, 0.5) is 0 Å². The molecule has 2 aliphatic heterocycles. The molecular formula is C25H35N3O2S. The van der Waals surface area contributed by atoms with E-state index in [0.717, 1.165) is 46.4 Å². The van der Waals surface area contributed by atoms with Crippen LogP contribution in [0.15, 0.2) is 17.0 Å². The average molecular weight is 442 g/mol. The molecule has 1 N–H and O–H groups in total. The summed E-state index contributed by atoms with van der Waals surface area (Å²) in [5, 5.41) is 13.8. The monoisotopic (exact) mass is 441 g/mol. The van der Waals surface area contributed by atoms with Gasteiger partial charge >= 0.3 is 0 Å². The van der Waals surface area contributed by atoms with E-state index in [9.17, 15) is 5.26 Å². The Labute approximate surface area is 191 Å². The van der Waals surface area contributed by atoms with E-state index in [1.54, 1.807) is 18.9 Å². The molecule has 168 valence electrons. The average Bonchev–Trinajstić information content (AvgIpc) is 2.82. The molecule has 5 nitrogen and oxygen atoms in total. The Kier molecular flexibility index (Phi) is 7.68. The van der Waals surface area contributed by atoms with Crippen LogP contribution in [0.3, 0.4) is 0 Å². The Balaban J connectivity index is 1.65. The summed E-state index contributed by atoms with van der Waals surface area (Å²) in [5.41, 5.74) is 3.42. The third kappa shape index (κ3) is 4.99. The summed E-state index contributed by atoms with van der Waals surface area (Å²) in [4.78, 5) is 3.33. The van der Waals surface area contributed by atoms with Crippen molar-refractivity contribution in [2.45, 2.75) is 63.8 Å². The summed E-state index contributed by atoms with van der Waals surface area (Å²) in [6.07, 6.45) is 8.79. The number of nitrogens with zero attached hydrogens (tertiary/aromatic N) is 2. The lowest BCUT2D eigenvalue weighted by molar-refractivity contribution is 0.242. The second kappa shape index (κ2) is 10.7. The largest absolute Gasteiger partial charge is 0.493 e. The summed E-state index contributed by atoms with van der Waals surface area (Å²) in [6, 6.07) is 7.16. The van der Waals surface area contributed by atoms with Gasteiger partial charge in [-0.25, -0.2) is 0 Å². The Morgan fingerprint density at radius 1 is 1.16 bits per heavy atom. The molecule has 6 heteroatoms. The lowest BCUT2D eigenvalue weighted by atomic mass is 9.75. The van der Waals surface area contributed by atoms with Crippen LogP contribution < -0.4 is 14.8 Å². The number of piperidine rings is 1. The highest BCUT2D eigenvalue weighted by molar-refractivity contribution is 8.03. The molecule has 1 aromatic carbocycles. The van der Waals surface area contributed by atoms with Crippen molar-refractivity contribution in [1.29, 1.82) is 5.26 Å². The number of hydrogen-bond acceptors (Lipinski definition) is 6. The van der Waals surface area contributed by atoms with Gasteiger partial charge < -0.3 is 19.7 Å².